The van der Waals surface area contributed by atoms with Gasteiger partial charge in [0, 0.05) is 18.7 Å². The Hall–Kier alpha value is -3.24. The molecular weight excluding hydrogens is 458 g/mol. The molecule has 0 aromatic heterocycles. The Kier molecular flexibility index (Phi) is 7.73. The van der Waals surface area contributed by atoms with Crippen LogP contribution >= 0.6 is 0 Å². The van der Waals surface area contributed by atoms with Gasteiger partial charge in [0.1, 0.15) is 11.8 Å². The van der Waals surface area contributed by atoms with Crippen molar-refractivity contribution in [3.8, 4) is 5.75 Å². The summed E-state index contributed by atoms with van der Waals surface area (Å²) in [5, 5.41) is 2.59. The number of nitrogens with one attached hydrogen (secondary N) is 1. The average Bonchev–Trinajstić information content (AvgIpc) is 3.07. The lowest BCUT2D eigenvalue weighted by Crippen LogP contribution is -2.49. The van der Waals surface area contributed by atoms with Gasteiger partial charge in [0.15, 0.2) is 0 Å². The lowest BCUT2D eigenvalue weighted by molar-refractivity contribution is -0.122. The van der Waals surface area contributed by atoms with Crippen LogP contribution in [0.1, 0.15) is 40.5 Å². The highest BCUT2D eigenvalue weighted by atomic mass is 32.2. The van der Waals surface area contributed by atoms with Gasteiger partial charge in [0.25, 0.3) is 5.91 Å². The zero-order valence-corrected chi connectivity index (χ0v) is 20.5. The van der Waals surface area contributed by atoms with E-state index in [2.05, 4.69) is 5.32 Å². The van der Waals surface area contributed by atoms with Crippen LogP contribution in [0.15, 0.2) is 53.4 Å². The third-order valence-corrected chi connectivity index (χ3v) is 7.65. The molecule has 0 spiro atoms. The van der Waals surface area contributed by atoms with Crippen molar-refractivity contribution in [1.82, 2.24) is 4.31 Å². The molecule has 0 aliphatic carbocycles. The van der Waals surface area contributed by atoms with E-state index in [0.29, 0.717) is 30.2 Å². The summed E-state index contributed by atoms with van der Waals surface area (Å²) in [6.45, 7) is 7.22. The molecule has 0 radical (unpaired) electrons. The summed E-state index contributed by atoms with van der Waals surface area (Å²) >= 11 is 0. The van der Waals surface area contributed by atoms with Crippen molar-refractivity contribution < 1.29 is 27.5 Å². The highest BCUT2D eigenvalue weighted by Crippen LogP contribution is 2.32. The molecule has 182 valence electrons. The fourth-order valence-electron chi connectivity index (χ4n) is 3.87. The van der Waals surface area contributed by atoms with Gasteiger partial charge in [0.05, 0.1) is 23.6 Å². The summed E-state index contributed by atoms with van der Waals surface area (Å²) in [4.78, 5) is 38.5. The highest BCUT2D eigenvalue weighted by molar-refractivity contribution is 7.89. The first-order valence-electron chi connectivity index (χ1n) is 11.1. The predicted octanol–water partition coefficient (Wildman–Crippen LogP) is 3.17. The molecule has 34 heavy (non-hydrogen) atoms. The van der Waals surface area contributed by atoms with E-state index < -0.39 is 33.9 Å². The molecule has 0 saturated carbocycles. The molecule has 2 atom stereocenters. The lowest BCUT2D eigenvalue weighted by Gasteiger charge is -2.31. The number of hydrogen-bond acceptors (Lipinski definition) is 6. The van der Waals surface area contributed by atoms with Crippen LogP contribution in [0.2, 0.25) is 0 Å². The standard InChI is InChI=1S/C24H29N3O6S/c1-5-16(3)27(34(31,32)21-13-7-18(8-14-21)25-17(4)28)22-15-23(29)26(24(22)30)19-9-11-20(12-10-19)33-6-2/h7-14,16,22H,5-6,15H2,1-4H3,(H,25,28). The van der Waals surface area contributed by atoms with Crippen molar-refractivity contribution in [3.05, 3.63) is 48.5 Å². The van der Waals surface area contributed by atoms with Gasteiger partial charge < -0.3 is 10.1 Å². The van der Waals surface area contributed by atoms with Crippen LogP contribution < -0.4 is 15.0 Å². The first-order valence-corrected chi connectivity index (χ1v) is 12.5. The van der Waals surface area contributed by atoms with E-state index in [1.807, 2.05) is 13.8 Å². The maximum atomic E-state index is 13.6. The van der Waals surface area contributed by atoms with Crippen LogP contribution in [0.5, 0.6) is 5.75 Å². The van der Waals surface area contributed by atoms with Gasteiger partial charge in [-0.25, -0.2) is 13.3 Å². The summed E-state index contributed by atoms with van der Waals surface area (Å²) in [5.41, 5.74) is 0.817. The Labute approximate surface area is 199 Å². The van der Waals surface area contributed by atoms with E-state index >= 15 is 0 Å². The molecule has 10 heteroatoms. The van der Waals surface area contributed by atoms with Crippen molar-refractivity contribution in [3.63, 3.8) is 0 Å². The second kappa shape index (κ2) is 10.4. The van der Waals surface area contributed by atoms with Gasteiger partial charge >= 0.3 is 0 Å². The van der Waals surface area contributed by atoms with Crippen molar-refractivity contribution >= 4 is 39.1 Å². The molecule has 0 bridgehead atoms. The minimum absolute atomic E-state index is 0.0262. The molecule has 1 saturated heterocycles. The van der Waals surface area contributed by atoms with E-state index in [1.54, 1.807) is 31.2 Å². The number of hydrogen-bond donors (Lipinski definition) is 1. The molecule has 9 nitrogen and oxygen atoms in total. The lowest BCUT2D eigenvalue weighted by atomic mass is 10.2. The van der Waals surface area contributed by atoms with E-state index in [-0.39, 0.29) is 17.2 Å². The molecule has 3 rings (SSSR count). The van der Waals surface area contributed by atoms with Crippen LogP contribution in [0.25, 0.3) is 0 Å². The maximum Gasteiger partial charge on any atom is 0.252 e. The Balaban J connectivity index is 1.94. The first-order chi connectivity index (χ1) is 16.1. The summed E-state index contributed by atoms with van der Waals surface area (Å²) in [5.74, 6) is -0.730. The Morgan fingerprint density at radius 3 is 2.26 bits per heavy atom. The summed E-state index contributed by atoms with van der Waals surface area (Å²) in [7, 11) is -4.12. The zero-order valence-electron chi connectivity index (χ0n) is 19.6. The number of sulfonamides is 1. The van der Waals surface area contributed by atoms with E-state index in [4.69, 9.17) is 4.74 Å². The third kappa shape index (κ3) is 5.13. The van der Waals surface area contributed by atoms with Gasteiger partial charge in [-0.2, -0.15) is 4.31 Å². The Morgan fingerprint density at radius 2 is 1.74 bits per heavy atom. The second-order valence-corrected chi connectivity index (χ2v) is 9.86. The number of amides is 3. The van der Waals surface area contributed by atoms with Crippen LogP contribution in [0.3, 0.4) is 0 Å². The number of anilines is 2. The van der Waals surface area contributed by atoms with Crippen molar-refractivity contribution in [2.75, 3.05) is 16.8 Å². The van der Waals surface area contributed by atoms with Crippen LogP contribution in [0, 0.1) is 0 Å². The largest absolute Gasteiger partial charge is 0.494 e. The molecule has 2 unspecified atom stereocenters. The second-order valence-electron chi connectivity index (χ2n) is 8.01. The van der Waals surface area contributed by atoms with E-state index in [0.717, 1.165) is 9.21 Å². The molecular formula is C24H29N3O6S. The SMILES string of the molecule is CCOc1ccc(N2C(=O)CC(N(C(C)CC)S(=O)(=O)c3ccc(NC(C)=O)cc3)C2=O)cc1. The topological polar surface area (TPSA) is 113 Å². The predicted molar refractivity (Wildman–Crippen MR) is 128 cm³/mol. The van der Waals surface area contributed by atoms with Crippen molar-refractivity contribution in [2.45, 2.75) is 57.5 Å². The highest BCUT2D eigenvalue weighted by Gasteiger charge is 2.48. The minimum atomic E-state index is -4.12. The monoisotopic (exact) mass is 487 g/mol. The molecule has 1 heterocycles. The maximum absolute atomic E-state index is 13.6. The number of imide groups is 1. The molecule has 1 aliphatic rings. The van der Waals surface area contributed by atoms with Crippen molar-refractivity contribution in [1.29, 1.82) is 0 Å². The van der Waals surface area contributed by atoms with Gasteiger partial charge in [-0.3, -0.25) is 14.4 Å². The van der Waals surface area contributed by atoms with Crippen LogP contribution in [-0.2, 0) is 24.4 Å². The number of ether oxygens (including phenoxy) is 1. The van der Waals surface area contributed by atoms with Crippen molar-refractivity contribution in [2.24, 2.45) is 0 Å². The first kappa shape index (κ1) is 25.4. The Bertz CT molecular complexity index is 1160. The third-order valence-electron chi connectivity index (χ3n) is 5.61. The Morgan fingerprint density at radius 1 is 1.12 bits per heavy atom. The summed E-state index contributed by atoms with van der Waals surface area (Å²) in [6.07, 6.45) is 0.198. The number of nitrogens with zero attached hydrogens (tertiary/aromatic N) is 2. The quantitative estimate of drug-likeness (QED) is 0.544. The number of rotatable bonds is 9. The van der Waals surface area contributed by atoms with Crippen LogP contribution in [-0.4, -0.2) is 49.1 Å². The van der Waals surface area contributed by atoms with Gasteiger partial charge in [-0.05, 0) is 68.8 Å². The molecule has 3 amide bonds. The molecule has 1 N–H and O–H groups in total. The minimum Gasteiger partial charge on any atom is -0.494 e. The van der Waals surface area contributed by atoms with Gasteiger partial charge in [-0.1, -0.05) is 6.92 Å². The van der Waals surface area contributed by atoms with E-state index in [9.17, 15) is 22.8 Å². The number of carbonyl (C=O) groups is 3. The summed E-state index contributed by atoms with van der Waals surface area (Å²) < 4.78 is 33.8. The molecule has 2 aromatic rings. The zero-order chi connectivity index (χ0) is 25.0. The summed E-state index contributed by atoms with van der Waals surface area (Å²) in [6, 6.07) is 10.6. The van der Waals surface area contributed by atoms with Crippen LogP contribution in [0.4, 0.5) is 11.4 Å². The molecule has 1 fully saturated rings. The molecule has 2 aromatic carbocycles. The molecule has 1 aliphatic heterocycles. The fourth-order valence-corrected chi connectivity index (χ4v) is 5.72. The smallest absolute Gasteiger partial charge is 0.252 e. The normalized spacial score (nSPS) is 17.2. The fraction of sp³-hybridized carbons (Fsp3) is 0.375. The van der Waals surface area contributed by atoms with Gasteiger partial charge in [-0.15, -0.1) is 0 Å². The average molecular weight is 488 g/mol. The number of benzene rings is 2. The van der Waals surface area contributed by atoms with Gasteiger partial charge in [0.2, 0.25) is 21.8 Å². The number of carbonyl (C=O) groups excluding carboxylic acids is 3. The van der Waals surface area contributed by atoms with E-state index in [1.165, 1.54) is 31.2 Å².